The fraction of sp³-hybridized carbons (Fsp3) is 0.722. The Hall–Kier alpha value is -3.30. The number of carbonyl (C=O) groups excluding carboxylic acids is 2. The Kier molecular flexibility index (Phi) is 22.0. The first kappa shape index (κ1) is 40.7. The summed E-state index contributed by atoms with van der Waals surface area (Å²) >= 11 is 0. The summed E-state index contributed by atoms with van der Waals surface area (Å²) in [7, 11) is 0. The van der Waals surface area contributed by atoms with Crippen molar-refractivity contribution in [1.29, 1.82) is 0 Å². The zero-order valence-corrected chi connectivity index (χ0v) is 28.7. The summed E-state index contributed by atoms with van der Waals surface area (Å²) in [5.74, 6) is -2.48. The van der Waals surface area contributed by atoms with Crippen LogP contribution >= 0.6 is 0 Å². The summed E-state index contributed by atoms with van der Waals surface area (Å²) in [4.78, 5) is 46.6. The second-order valence-corrected chi connectivity index (χ2v) is 11.7. The van der Waals surface area contributed by atoms with E-state index in [1.54, 1.807) is 13.8 Å². The van der Waals surface area contributed by atoms with Crippen LogP contribution in [0.2, 0.25) is 0 Å². The van der Waals surface area contributed by atoms with Crippen molar-refractivity contribution in [2.24, 2.45) is 0 Å². The summed E-state index contributed by atoms with van der Waals surface area (Å²) in [6.07, 6.45) is 16.4. The van der Waals surface area contributed by atoms with Gasteiger partial charge in [0, 0.05) is 25.0 Å². The third kappa shape index (κ3) is 16.3. The minimum Gasteiger partial charge on any atom is -0.492 e. The average molecular weight is 651 g/mol. The topological polar surface area (TPSA) is 146 Å². The normalized spacial score (nSPS) is 10.9. The van der Waals surface area contributed by atoms with Crippen LogP contribution in [-0.2, 0) is 31.9 Å². The van der Waals surface area contributed by atoms with Gasteiger partial charge in [0.15, 0.2) is 0 Å². The highest BCUT2D eigenvalue weighted by molar-refractivity contribution is 6.01. The predicted molar refractivity (Wildman–Crippen MR) is 177 cm³/mol. The van der Waals surface area contributed by atoms with Crippen molar-refractivity contribution in [2.75, 3.05) is 26.4 Å². The van der Waals surface area contributed by atoms with E-state index < -0.39 is 11.9 Å². The summed E-state index contributed by atoms with van der Waals surface area (Å²) in [6, 6.07) is 0. The van der Waals surface area contributed by atoms with E-state index in [0.717, 1.165) is 103 Å². The Morgan fingerprint density at radius 3 is 0.957 bits per heavy atom. The third-order valence-electron chi connectivity index (χ3n) is 7.92. The number of esters is 2. The van der Waals surface area contributed by atoms with Crippen LogP contribution in [0.5, 0.6) is 11.5 Å². The highest BCUT2D eigenvalue weighted by Crippen LogP contribution is 2.40. The molecule has 46 heavy (non-hydrogen) atoms. The van der Waals surface area contributed by atoms with Crippen molar-refractivity contribution in [2.45, 2.75) is 143 Å². The molecule has 0 aromatic heterocycles. The smallest absolute Gasteiger partial charge is 0.339 e. The molecule has 0 aliphatic heterocycles. The highest BCUT2D eigenvalue weighted by Gasteiger charge is 2.31. The number of hydrogen-bond acceptors (Lipinski definition) is 8. The van der Waals surface area contributed by atoms with Gasteiger partial charge in [-0.3, -0.25) is 9.59 Å². The lowest BCUT2D eigenvalue weighted by molar-refractivity contribution is -0.142. The molecule has 0 aliphatic rings. The fourth-order valence-electron chi connectivity index (χ4n) is 5.56. The van der Waals surface area contributed by atoms with E-state index in [-0.39, 0.29) is 34.6 Å². The van der Waals surface area contributed by atoms with Crippen LogP contribution in [0.4, 0.5) is 0 Å². The van der Waals surface area contributed by atoms with Gasteiger partial charge in [0.1, 0.15) is 22.6 Å². The first-order chi connectivity index (χ1) is 22.1. The maximum Gasteiger partial charge on any atom is 0.339 e. The van der Waals surface area contributed by atoms with Crippen molar-refractivity contribution in [3.8, 4) is 11.5 Å². The van der Waals surface area contributed by atoms with Gasteiger partial charge < -0.3 is 29.2 Å². The van der Waals surface area contributed by atoms with Crippen LogP contribution in [0.15, 0.2) is 0 Å². The molecule has 0 spiro atoms. The first-order valence-corrected chi connectivity index (χ1v) is 17.4. The SMILES string of the molecule is CCc1c(OCCCCCCCCCCOC(C)=O)c(C(=O)O)c(CC)c(OCCCCCCCCCCOC(C)=O)c1C(=O)O. The van der Waals surface area contributed by atoms with E-state index in [0.29, 0.717) is 50.4 Å². The average Bonchev–Trinajstić information content (AvgIpc) is 3.00. The van der Waals surface area contributed by atoms with Gasteiger partial charge in [-0.05, 0) is 38.5 Å². The van der Waals surface area contributed by atoms with Gasteiger partial charge in [0.05, 0.1) is 26.4 Å². The van der Waals surface area contributed by atoms with Crippen LogP contribution in [0.25, 0.3) is 0 Å². The van der Waals surface area contributed by atoms with Gasteiger partial charge in [0.25, 0.3) is 0 Å². The molecule has 0 saturated carbocycles. The number of benzene rings is 1. The highest BCUT2D eigenvalue weighted by atomic mass is 16.5. The lowest BCUT2D eigenvalue weighted by atomic mass is 9.92. The number of carboxylic acids is 2. The number of rotatable bonds is 28. The van der Waals surface area contributed by atoms with E-state index >= 15 is 0 Å². The lowest BCUT2D eigenvalue weighted by Gasteiger charge is -2.23. The molecular weight excluding hydrogens is 592 g/mol. The molecule has 2 N–H and O–H groups in total. The molecule has 262 valence electrons. The zero-order valence-electron chi connectivity index (χ0n) is 28.7. The van der Waals surface area contributed by atoms with E-state index in [2.05, 4.69) is 0 Å². The number of ether oxygens (including phenoxy) is 4. The molecule has 1 aromatic rings. The molecule has 10 nitrogen and oxygen atoms in total. The van der Waals surface area contributed by atoms with Gasteiger partial charge >= 0.3 is 23.9 Å². The number of carboxylic acid groups (broad SMARTS) is 2. The maximum absolute atomic E-state index is 12.5. The summed E-state index contributed by atoms with van der Waals surface area (Å²) in [5.41, 5.74) is 0.725. The molecule has 0 bridgehead atoms. The molecular formula is C36H58O10. The minimum absolute atomic E-state index is 0.00167. The summed E-state index contributed by atoms with van der Waals surface area (Å²) in [6.45, 7) is 8.02. The van der Waals surface area contributed by atoms with Crippen LogP contribution < -0.4 is 9.47 Å². The number of aromatic carboxylic acids is 2. The monoisotopic (exact) mass is 650 g/mol. The van der Waals surface area contributed by atoms with Crippen molar-refractivity contribution >= 4 is 23.9 Å². The third-order valence-corrected chi connectivity index (χ3v) is 7.92. The zero-order chi connectivity index (χ0) is 34.2. The molecule has 1 aromatic carbocycles. The van der Waals surface area contributed by atoms with Gasteiger partial charge in [-0.2, -0.15) is 0 Å². The molecule has 0 unspecified atom stereocenters. The van der Waals surface area contributed by atoms with Crippen LogP contribution in [0.1, 0.15) is 162 Å². The Bertz CT molecular complexity index is 982. The van der Waals surface area contributed by atoms with E-state index in [4.69, 9.17) is 18.9 Å². The molecule has 0 fully saturated rings. The molecule has 0 aliphatic carbocycles. The number of unbranched alkanes of at least 4 members (excludes halogenated alkanes) is 14. The largest absolute Gasteiger partial charge is 0.492 e. The molecule has 0 heterocycles. The Morgan fingerprint density at radius 1 is 0.457 bits per heavy atom. The van der Waals surface area contributed by atoms with E-state index in [1.807, 2.05) is 0 Å². The van der Waals surface area contributed by atoms with Crippen LogP contribution in [0.3, 0.4) is 0 Å². The standard InChI is InChI=1S/C36H58O10/c1-5-29-31(35(39)40)34(46-26-22-18-14-10-8-12-16-20-24-44-28(4)38)30(6-2)32(36(41)42)33(29)45-25-21-17-13-9-7-11-15-19-23-43-27(3)37/h5-26H2,1-4H3,(H,39,40)(H,41,42). The summed E-state index contributed by atoms with van der Waals surface area (Å²) < 4.78 is 22.0. The van der Waals surface area contributed by atoms with Crippen molar-refractivity contribution in [3.05, 3.63) is 22.3 Å². The molecule has 0 atom stereocenters. The quantitative estimate of drug-likeness (QED) is 0.0670. The van der Waals surface area contributed by atoms with Crippen molar-refractivity contribution in [1.82, 2.24) is 0 Å². The van der Waals surface area contributed by atoms with Gasteiger partial charge in [-0.15, -0.1) is 0 Å². The summed E-state index contributed by atoms with van der Waals surface area (Å²) in [5, 5.41) is 20.4. The Morgan fingerprint density at radius 2 is 0.717 bits per heavy atom. The molecule has 1 rings (SSSR count). The number of carbonyl (C=O) groups is 4. The van der Waals surface area contributed by atoms with E-state index in [1.165, 1.54) is 13.8 Å². The Balaban J connectivity index is 2.67. The molecule has 10 heteroatoms. The van der Waals surface area contributed by atoms with Crippen LogP contribution in [0, 0.1) is 0 Å². The second-order valence-electron chi connectivity index (χ2n) is 11.7. The fourth-order valence-corrected chi connectivity index (χ4v) is 5.56. The lowest BCUT2D eigenvalue weighted by Crippen LogP contribution is -2.17. The van der Waals surface area contributed by atoms with Crippen molar-refractivity contribution in [3.63, 3.8) is 0 Å². The second kappa shape index (κ2) is 24.9. The number of hydrogen-bond donors (Lipinski definition) is 2. The molecule has 0 amide bonds. The Labute approximate surface area is 275 Å². The first-order valence-electron chi connectivity index (χ1n) is 17.4. The maximum atomic E-state index is 12.5. The molecule has 0 saturated heterocycles. The predicted octanol–water partition coefficient (Wildman–Crippen LogP) is 8.33. The minimum atomic E-state index is -1.15. The van der Waals surface area contributed by atoms with Gasteiger partial charge in [-0.25, -0.2) is 9.59 Å². The van der Waals surface area contributed by atoms with E-state index in [9.17, 15) is 29.4 Å². The van der Waals surface area contributed by atoms with Crippen LogP contribution in [-0.4, -0.2) is 60.5 Å². The molecule has 0 radical (unpaired) electrons. The van der Waals surface area contributed by atoms with Gasteiger partial charge in [0.2, 0.25) is 0 Å². The van der Waals surface area contributed by atoms with Crippen molar-refractivity contribution < 1.29 is 48.3 Å². The van der Waals surface area contributed by atoms with Gasteiger partial charge in [-0.1, -0.05) is 90.9 Å².